The lowest BCUT2D eigenvalue weighted by Gasteiger charge is -2.43. The fraction of sp³-hybridized carbons (Fsp3) is 0.500. The largest absolute Gasteiger partial charge is 0.434 e. The van der Waals surface area contributed by atoms with Crippen molar-refractivity contribution in [2.45, 2.75) is 56.6 Å². The van der Waals surface area contributed by atoms with E-state index in [-0.39, 0.29) is 18.5 Å². The van der Waals surface area contributed by atoms with Crippen LogP contribution in [0.3, 0.4) is 0 Å². The molecule has 1 aromatic heterocycles. The third-order valence-corrected chi connectivity index (χ3v) is 4.71. The molecular formula is C20H24F3N3O4. The highest BCUT2D eigenvalue weighted by Gasteiger charge is 2.45. The number of halogens is 3. The molecule has 1 aromatic carbocycles. The highest BCUT2D eigenvalue weighted by Crippen LogP contribution is 2.35. The third kappa shape index (κ3) is 5.25. The number of hydrogen-bond donors (Lipinski definition) is 3. The van der Waals surface area contributed by atoms with Crippen molar-refractivity contribution in [1.82, 2.24) is 9.97 Å². The summed E-state index contributed by atoms with van der Waals surface area (Å²) in [6.07, 6.45) is -7.32. The van der Waals surface area contributed by atoms with Gasteiger partial charge in [-0.15, -0.1) is 0 Å². The number of nitrogens with zero attached hydrogens (tertiary/aromatic N) is 2. The summed E-state index contributed by atoms with van der Waals surface area (Å²) in [4.78, 5) is 7.10. The van der Waals surface area contributed by atoms with E-state index in [1.807, 2.05) is 13.8 Å². The number of alkyl halides is 3. The molecule has 30 heavy (non-hydrogen) atoms. The van der Waals surface area contributed by atoms with Gasteiger partial charge in [0.05, 0.1) is 31.1 Å². The Kier molecular flexibility index (Phi) is 6.91. The monoisotopic (exact) mass is 427 g/mol. The number of benzene rings is 1. The molecular weight excluding hydrogens is 403 g/mol. The van der Waals surface area contributed by atoms with Gasteiger partial charge in [-0.1, -0.05) is 30.3 Å². The number of nitrogens with one attached hydrogen (secondary N) is 1. The van der Waals surface area contributed by atoms with E-state index in [4.69, 9.17) is 9.47 Å². The summed E-state index contributed by atoms with van der Waals surface area (Å²) >= 11 is 0. The maximum Gasteiger partial charge on any atom is 0.434 e. The van der Waals surface area contributed by atoms with Crippen molar-refractivity contribution >= 4 is 5.82 Å². The van der Waals surface area contributed by atoms with Gasteiger partial charge in [0.15, 0.2) is 5.69 Å². The van der Waals surface area contributed by atoms with Crippen LogP contribution < -0.4 is 5.32 Å². The van der Waals surface area contributed by atoms with E-state index >= 15 is 0 Å². The number of aliphatic hydroxyl groups is 2. The molecule has 1 aliphatic heterocycles. The smallest absolute Gasteiger partial charge is 0.388 e. The highest BCUT2D eigenvalue weighted by molar-refractivity contribution is 5.37. The van der Waals surface area contributed by atoms with Crippen molar-refractivity contribution < 1.29 is 32.9 Å². The first kappa shape index (κ1) is 22.4. The van der Waals surface area contributed by atoms with E-state index in [1.54, 1.807) is 30.3 Å². The van der Waals surface area contributed by atoms with Crippen LogP contribution in [0.25, 0.3) is 0 Å². The average Bonchev–Trinajstić information content (AvgIpc) is 2.71. The second kappa shape index (κ2) is 9.25. The molecule has 0 spiro atoms. The maximum atomic E-state index is 13.0. The summed E-state index contributed by atoms with van der Waals surface area (Å²) in [7, 11) is 0. The minimum absolute atomic E-state index is 0.0509. The molecule has 164 valence electrons. The molecule has 10 heteroatoms. The van der Waals surface area contributed by atoms with E-state index in [0.717, 1.165) is 6.20 Å². The van der Waals surface area contributed by atoms with E-state index in [0.29, 0.717) is 11.8 Å². The van der Waals surface area contributed by atoms with Crippen molar-refractivity contribution in [1.29, 1.82) is 0 Å². The van der Waals surface area contributed by atoms with Gasteiger partial charge in [0.25, 0.3) is 0 Å². The second-order valence-corrected chi connectivity index (χ2v) is 7.33. The lowest BCUT2D eigenvalue weighted by atomic mass is 9.89. The van der Waals surface area contributed by atoms with E-state index in [1.165, 1.54) is 0 Å². The molecule has 7 nitrogen and oxygen atoms in total. The molecule has 0 amide bonds. The molecule has 0 bridgehead atoms. The number of ether oxygens (including phenoxy) is 2. The Bertz CT molecular complexity index is 822. The minimum atomic E-state index is -4.66. The summed E-state index contributed by atoms with van der Waals surface area (Å²) in [6.45, 7) is 3.71. The van der Waals surface area contributed by atoms with Gasteiger partial charge in [-0.3, -0.25) is 4.98 Å². The molecule has 1 aliphatic rings. The Labute approximate surface area is 171 Å². The molecule has 1 fully saturated rings. The van der Waals surface area contributed by atoms with Gasteiger partial charge >= 0.3 is 6.18 Å². The topological polar surface area (TPSA) is 96.7 Å². The summed E-state index contributed by atoms with van der Waals surface area (Å²) < 4.78 is 50.5. The van der Waals surface area contributed by atoms with E-state index in [2.05, 4.69) is 15.3 Å². The van der Waals surface area contributed by atoms with Crippen molar-refractivity contribution in [3.05, 3.63) is 54.0 Å². The van der Waals surface area contributed by atoms with E-state index < -0.39 is 42.3 Å². The van der Waals surface area contributed by atoms with Crippen LogP contribution in [-0.2, 0) is 15.7 Å². The molecule has 1 saturated heterocycles. The van der Waals surface area contributed by atoms with Gasteiger partial charge in [-0.2, -0.15) is 13.2 Å². The van der Waals surface area contributed by atoms with Gasteiger partial charge < -0.3 is 25.0 Å². The number of rotatable bonds is 6. The van der Waals surface area contributed by atoms with Crippen LogP contribution >= 0.6 is 0 Å². The molecule has 5 atom stereocenters. The Morgan fingerprint density at radius 3 is 2.47 bits per heavy atom. The van der Waals surface area contributed by atoms with Crippen LogP contribution in [-0.4, -0.2) is 57.2 Å². The maximum absolute atomic E-state index is 13.0. The molecule has 0 radical (unpaired) electrons. The predicted molar refractivity (Wildman–Crippen MR) is 102 cm³/mol. The molecule has 0 aliphatic carbocycles. The Hall–Kier alpha value is -2.27. The zero-order valence-electron chi connectivity index (χ0n) is 16.5. The quantitative estimate of drug-likeness (QED) is 0.652. The molecule has 3 rings (SSSR count). The van der Waals surface area contributed by atoms with E-state index in [9.17, 15) is 23.4 Å². The summed E-state index contributed by atoms with van der Waals surface area (Å²) in [5, 5.41) is 24.1. The van der Waals surface area contributed by atoms with Crippen molar-refractivity contribution in [3.8, 4) is 0 Å². The first-order valence-corrected chi connectivity index (χ1v) is 9.50. The first-order valence-electron chi connectivity index (χ1n) is 9.50. The molecule has 2 heterocycles. The van der Waals surface area contributed by atoms with Gasteiger partial charge in [0.1, 0.15) is 30.2 Å². The van der Waals surface area contributed by atoms with Crippen molar-refractivity contribution in [2.75, 3.05) is 11.9 Å². The Balaban J connectivity index is 1.89. The van der Waals surface area contributed by atoms with Crippen molar-refractivity contribution in [3.63, 3.8) is 0 Å². The van der Waals surface area contributed by atoms with Crippen LogP contribution in [0.1, 0.15) is 31.2 Å². The highest BCUT2D eigenvalue weighted by atomic mass is 19.4. The molecule has 0 saturated carbocycles. The number of aromatic nitrogens is 2. The van der Waals surface area contributed by atoms with Gasteiger partial charge in [-0.05, 0) is 19.4 Å². The van der Waals surface area contributed by atoms with Crippen LogP contribution in [0.2, 0.25) is 0 Å². The zero-order chi connectivity index (χ0) is 21.9. The lowest BCUT2D eigenvalue weighted by Crippen LogP contribution is -2.58. The lowest BCUT2D eigenvalue weighted by molar-refractivity contribution is -0.196. The average molecular weight is 427 g/mol. The summed E-state index contributed by atoms with van der Waals surface area (Å²) in [6, 6.07) is 7.91. The van der Waals surface area contributed by atoms with Gasteiger partial charge in [-0.25, -0.2) is 4.98 Å². The first-order chi connectivity index (χ1) is 14.2. The molecule has 2 aromatic rings. The van der Waals surface area contributed by atoms with Crippen LogP contribution in [0.5, 0.6) is 0 Å². The van der Waals surface area contributed by atoms with Crippen LogP contribution in [0, 0.1) is 0 Å². The molecule has 3 N–H and O–H groups in total. The Morgan fingerprint density at radius 1 is 1.13 bits per heavy atom. The number of hydrogen-bond acceptors (Lipinski definition) is 7. The number of anilines is 1. The van der Waals surface area contributed by atoms with Crippen molar-refractivity contribution in [2.24, 2.45) is 0 Å². The fourth-order valence-electron chi connectivity index (χ4n) is 3.22. The van der Waals surface area contributed by atoms with Crippen LogP contribution in [0.15, 0.2) is 42.7 Å². The SMILES string of the molecule is CC(C)OC[C@H]1O[C@H](c2ccccc2)[C@H](Nc2cncc(C(F)(F)F)n2)[C@@H](O)[C@H]1O. The van der Waals surface area contributed by atoms with Gasteiger partial charge in [0.2, 0.25) is 0 Å². The summed E-state index contributed by atoms with van der Waals surface area (Å²) in [5.41, 5.74) is -0.492. The van der Waals surface area contributed by atoms with Crippen LogP contribution in [0.4, 0.5) is 19.0 Å². The third-order valence-electron chi connectivity index (χ3n) is 4.71. The normalized spacial score (nSPS) is 27.3. The van der Waals surface area contributed by atoms with Gasteiger partial charge in [0, 0.05) is 0 Å². The number of aliphatic hydroxyl groups excluding tert-OH is 2. The predicted octanol–water partition coefficient (Wildman–Crippen LogP) is 2.56. The Morgan fingerprint density at radius 2 is 1.83 bits per heavy atom. The summed E-state index contributed by atoms with van der Waals surface area (Å²) in [5.74, 6) is -0.192. The molecule has 0 unspecified atom stereocenters. The zero-order valence-corrected chi connectivity index (χ0v) is 16.5. The fourth-order valence-corrected chi connectivity index (χ4v) is 3.22. The standard InChI is InChI=1S/C20H24F3N3O4/c1-11(2)29-10-13-17(27)18(28)16(19(30-13)12-6-4-3-5-7-12)26-15-9-24-8-14(25-15)20(21,22)23/h3-9,11,13,16-19,27-28H,10H2,1-2H3,(H,25,26)/t13-,16-,17+,18-,19-/m1/s1. The minimum Gasteiger partial charge on any atom is -0.388 e. The second-order valence-electron chi connectivity index (χ2n) is 7.33.